The number of hydrogen-bond donors (Lipinski definition) is 2. The quantitative estimate of drug-likeness (QED) is 0.507. The Morgan fingerprint density at radius 2 is 2.10 bits per heavy atom. The molecule has 0 saturated carbocycles. The van der Waals surface area contributed by atoms with E-state index in [0.717, 1.165) is 5.56 Å². The summed E-state index contributed by atoms with van der Waals surface area (Å²) in [4.78, 5) is 34.1. The number of aliphatic hydroxyl groups is 1. The molecular weight excluding hydrogens is 400 g/mol. The molecule has 4 aromatic rings. The van der Waals surface area contributed by atoms with Gasteiger partial charge in [0.25, 0.3) is 11.8 Å². The van der Waals surface area contributed by atoms with Crippen LogP contribution < -0.4 is 5.73 Å². The van der Waals surface area contributed by atoms with Gasteiger partial charge in [-0.1, -0.05) is 23.4 Å². The number of aromatic nitrogens is 4. The van der Waals surface area contributed by atoms with Crippen LogP contribution in [-0.4, -0.2) is 54.9 Å². The molecule has 1 aromatic carbocycles. The molecule has 156 valence electrons. The van der Waals surface area contributed by atoms with E-state index in [9.17, 15) is 14.7 Å². The number of rotatable bonds is 4. The van der Waals surface area contributed by atoms with E-state index in [-0.39, 0.29) is 18.0 Å². The SMILES string of the molecule is CN1CCC(O)(c2cc(-c3cccc(-c4nc(C(N)=O)n5ccncc45)c3)no2)C1=O. The summed E-state index contributed by atoms with van der Waals surface area (Å²) in [5.41, 5.74) is 6.80. The molecule has 1 unspecified atom stereocenters. The van der Waals surface area contributed by atoms with Crippen molar-refractivity contribution in [2.75, 3.05) is 13.6 Å². The number of benzene rings is 1. The number of carbonyl (C=O) groups excluding carboxylic acids is 2. The van der Waals surface area contributed by atoms with Crippen molar-refractivity contribution in [1.29, 1.82) is 0 Å². The maximum absolute atomic E-state index is 12.3. The molecule has 31 heavy (non-hydrogen) atoms. The van der Waals surface area contributed by atoms with Gasteiger partial charge in [-0.15, -0.1) is 0 Å². The number of carbonyl (C=O) groups is 2. The summed E-state index contributed by atoms with van der Waals surface area (Å²) in [6.07, 6.45) is 5.01. The number of imidazole rings is 1. The fraction of sp³-hybridized carbons (Fsp3) is 0.190. The molecule has 1 saturated heterocycles. The highest BCUT2D eigenvalue weighted by atomic mass is 16.5. The average molecular weight is 418 g/mol. The average Bonchev–Trinajstić information content (AvgIpc) is 3.48. The smallest absolute Gasteiger partial charge is 0.285 e. The van der Waals surface area contributed by atoms with Gasteiger partial charge >= 0.3 is 0 Å². The number of likely N-dealkylation sites (tertiary alicyclic amines) is 1. The molecule has 1 aliphatic heterocycles. The van der Waals surface area contributed by atoms with Crippen molar-refractivity contribution in [2.24, 2.45) is 5.73 Å². The molecule has 3 N–H and O–H groups in total. The molecular formula is C21H18N6O4. The van der Waals surface area contributed by atoms with Crippen molar-refractivity contribution < 1.29 is 19.2 Å². The zero-order valence-corrected chi connectivity index (χ0v) is 16.5. The molecule has 2 amide bonds. The lowest BCUT2D eigenvalue weighted by Gasteiger charge is -2.16. The molecule has 10 heteroatoms. The van der Waals surface area contributed by atoms with E-state index in [1.54, 1.807) is 36.1 Å². The third kappa shape index (κ3) is 2.88. The number of primary amides is 1. The Morgan fingerprint density at radius 3 is 2.84 bits per heavy atom. The van der Waals surface area contributed by atoms with E-state index < -0.39 is 17.4 Å². The van der Waals surface area contributed by atoms with Crippen molar-refractivity contribution in [3.05, 3.63) is 60.5 Å². The summed E-state index contributed by atoms with van der Waals surface area (Å²) in [5, 5.41) is 14.8. The number of amides is 2. The first-order chi connectivity index (χ1) is 14.9. The highest BCUT2D eigenvalue weighted by molar-refractivity contribution is 5.93. The van der Waals surface area contributed by atoms with E-state index >= 15 is 0 Å². The van der Waals surface area contributed by atoms with E-state index in [4.69, 9.17) is 10.3 Å². The van der Waals surface area contributed by atoms with Crippen molar-refractivity contribution in [3.8, 4) is 22.5 Å². The highest BCUT2D eigenvalue weighted by Crippen LogP contribution is 2.35. The van der Waals surface area contributed by atoms with Crippen LogP contribution in [-0.2, 0) is 10.4 Å². The Balaban J connectivity index is 1.56. The lowest BCUT2D eigenvalue weighted by atomic mass is 9.97. The molecule has 0 aliphatic carbocycles. The van der Waals surface area contributed by atoms with Crippen molar-refractivity contribution in [2.45, 2.75) is 12.0 Å². The Hall–Kier alpha value is -4.05. The minimum absolute atomic E-state index is 0.104. The molecule has 1 aliphatic rings. The second-order valence-electron chi connectivity index (χ2n) is 7.47. The first-order valence-corrected chi connectivity index (χ1v) is 9.56. The number of fused-ring (bicyclic) bond motifs is 1. The predicted octanol–water partition coefficient (Wildman–Crippen LogP) is 1.20. The standard InChI is InChI=1S/C21H18N6O4/c1-26-7-5-21(30,20(26)29)16-10-14(25-31-16)12-3-2-4-13(9-12)17-15-11-23-6-8-27(15)19(24-17)18(22)28/h2-4,6,8-11,30H,5,7H2,1H3,(H2,22,28). The van der Waals surface area contributed by atoms with Crippen LogP contribution >= 0.6 is 0 Å². The number of hydrogen-bond acceptors (Lipinski definition) is 7. The van der Waals surface area contributed by atoms with Crippen LogP contribution in [0.15, 0.2) is 53.4 Å². The van der Waals surface area contributed by atoms with Crippen LogP contribution in [0.2, 0.25) is 0 Å². The normalized spacial score (nSPS) is 18.8. The summed E-state index contributed by atoms with van der Waals surface area (Å²) in [6.45, 7) is 0.435. The number of likely N-dealkylation sites (N-methyl/N-ethyl adjacent to an activating group) is 1. The van der Waals surface area contributed by atoms with E-state index in [1.807, 2.05) is 24.3 Å². The molecule has 5 rings (SSSR count). The minimum atomic E-state index is -1.71. The third-order valence-electron chi connectivity index (χ3n) is 5.53. The maximum atomic E-state index is 12.3. The highest BCUT2D eigenvalue weighted by Gasteiger charge is 2.48. The molecule has 1 atom stereocenters. The summed E-state index contributed by atoms with van der Waals surface area (Å²) in [6, 6.07) is 8.87. The second-order valence-corrected chi connectivity index (χ2v) is 7.47. The topological polar surface area (TPSA) is 140 Å². The van der Waals surface area contributed by atoms with Gasteiger partial charge in [0.05, 0.1) is 17.4 Å². The van der Waals surface area contributed by atoms with Gasteiger partial charge in [0, 0.05) is 49.6 Å². The number of nitrogens with zero attached hydrogens (tertiary/aromatic N) is 5. The van der Waals surface area contributed by atoms with Gasteiger partial charge in [-0.2, -0.15) is 0 Å². The number of nitrogens with two attached hydrogens (primary N) is 1. The molecule has 0 bridgehead atoms. The molecule has 4 heterocycles. The van der Waals surface area contributed by atoms with Crippen LogP contribution in [0.5, 0.6) is 0 Å². The monoisotopic (exact) mass is 418 g/mol. The Kier molecular flexibility index (Phi) is 4.12. The van der Waals surface area contributed by atoms with Gasteiger partial charge in [-0.05, 0) is 6.07 Å². The second kappa shape index (κ2) is 6.74. The van der Waals surface area contributed by atoms with E-state index in [2.05, 4.69) is 15.1 Å². The van der Waals surface area contributed by atoms with Gasteiger partial charge in [0.2, 0.25) is 11.4 Å². The fourth-order valence-electron chi connectivity index (χ4n) is 3.84. The van der Waals surface area contributed by atoms with Gasteiger partial charge in [0.15, 0.2) is 5.76 Å². The van der Waals surface area contributed by atoms with E-state index in [0.29, 0.717) is 29.0 Å². The summed E-state index contributed by atoms with van der Waals surface area (Å²) in [7, 11) is 1.63. The van der Waals surface area contributed by atoms with Gasteiger partial charge in [-0.3, -0.25) is 19.0 Å². The van der Waals surface area contributed by atoms with Crippen LogP contribution in [0.25, 0.3) is 28.0 Å². The van der Waals surface area contributed by atoms with Crippen LogP contribution in [0.1, 0.15) is 22.8 Å². The van der Waals surface area contributed by atoms with Gasteiger partial charge in [0.1, 0.15) is 5.69 Å². The van der Waals surface area contributed by atoms with Gasteiger partial charge in [-0.25, -0.2) is 4.98 Å². The Morgan fingerprint density at radius 1 is 1.29 bits per heavy atom. The molecule has 0 spiro atoms. The minimum Gasteiger partial charge on any atom is -0.373 e. The Bertz CT molecular complexity index is 1340. The molecule has 3 aromatic heterocycles. The fourth-order valence-corrected chi connectivity index (χ4v) is 3.84. The Labute approximate surface area is 175 Å². The van der Waals surface area contributed by atoms with Crippen molar-refractivity contribution in [3.63, 3.8) is 0 Å². The summed E-state index contributed by atoms with van der Waals surface area (Å²) < 4.78 is 6.92. The lowest BCUT2D eigenvalue weighted by molar-refractivity contribution is -0.144. The predicted molar refractivity (Wildman–Crippen MR) is 109 cm³/mol. The maximum Gasteiger partial charge on any atom is 0.285 e. The molecule has 0 radical (unpaired) electrons. The van der Waals surface area contributed by atoms with Crippen molar-refractivity contribution in [1.82, 2.24) is 24.4 Å². The largest absolute Gasteiger partial charge is 0.373 e. The first kappa shape index (κ1) is 18.9. The summed E-state index contributed by atoms with van der Waals surface area (Å²) in [5.74, 6) is -0.855. The first-order valence-electron chi connectivity index (χ1n) is 9.56. The van der Waals surface area contributed by atoms with Gasteiger partial charge < -0.3 is 20.3 Å². The molecule has 10 nitrogen and oxygen atoms in total. The zero-order chi connectivity index (χ0) is 21.8. The third-order valence-corrected chi connectivity index (χ3v) is 5.53. The van der Waals surface area contributed by atoms with Crippen LogP contribution in [0.3, 0.4) is 0 Å². The zero-order valence-electron chi connectivity index (χ0n) is 16.5. The summed E-state index contributed by atoms with van der Waals surface area (Å²) >= 11 is 0. The van der Waals surface area contributed by atoms with Crippen LogP contribution in [0.4, 0.5) is 0 Å². The van der Waals surface area contributed by atoms with Crippen LogP contribution in [0, 0.1) is 0 Å². The van der Waals surface area contributed by atoms with E-state index in [1.165, 1.54) is 4.90 Å². The lowest BCUT2D eigenvalue weighted by Crippen LogP contribution is -2.35. The molecule has 1 fully saturated rings. The van der Waals surface area contributed by atoms with Crippen molar-refractivity contribution >= 4 is 17.3 Å².